The molecule has 0 aliphatic carbocycles. The largest absolute Gasteiger partial charge is 0.507 e. The fourth-order valence-corrected chi connectivity index (χ4v) is 1.63. The summed E-state index contributed by atoms with van der Waals surface area (Å²) in [4.78, 5) is 8.39. The minimum absolute atomic E-state index is 0. The standard InChI is InChI=1S/C16H16N2O2.H4Si/c19-15-7-3-1-5-13(15)11-17-9-10-18-12-14-6-2-4-8-16(14)20;/h1-8,11-12,19-20H,9-10H2;1H4/b17-11+,18-12+;. The fraction of sp³-hybridized carbons (Fsp3) is 0.125. The molecule has 0 spiro atoms. The van der Waals surface area contributed by atoms with E-state index in [1.165, 1.54) is 0 Å². The van der Waals surface area contributed by atoms with Gasteiger partial charge in [-0.25, -0.2) is 0 Å². The lowest BCUT2D eigenvalue weighted by atomic mass is 10.2. The number of phenolic OH excluding ortho intramolecular Hbond substituents is 2. The number of benzene rings is 2. The summed E-state index contributed by atoms with van der Waals surface area (Å²) in [7, 11) is 0. The number of hydrogen-bond acceptors (Lipinski definition) is 4. The summed E-state index contributed by atoms with van der Waals surface area (Å²) in [5.74, 6) is 0.433. The van der Waals surface area contributed by atoms with Crippen LogP contribution >= 0.6 is 0 Å². The summed E-state index contributed by atoms with van der Waals surface area (Å²) in [5, 5.41) is 19.1. The van der Waals surface area contributed by atoms with E-state index in [-0.39, 0.29) is 22.5 Å². The molecule has 110 valence electrons. The van der Waals surface area contributed by atoms with Crippen molar-refractivity contribution in [1.82, 2.24) is 0 Å². The van der Waals surface area contributed by atoms with Crippen molar-refractivity contribution >= 4 is 23.4 Å². The molecule has 0 aromatic heterocycles. The molecule has 4 nitrogen and oxygen atoms in total. The second-order valence-electron chi connectivity index (χ2n) is 4.19. The highest BCUT2D eigenvalue weighted by Gasteiger charge is 1.95. The predicted octanol–water partition coefficient (Wildman–Crippen LogP) is 1.18. The molecule has 0 atom stereocenters. The third-order valence-electron chi connectivity index (χ3n) is 2.69. The summed E-state index contributed by atoms with van der Waals surface area (Å²) in [6, 6.07) is 14.1. The third kappa shape index (κ3) is 5.23. The van der Waals surface area contributed by atoms with E-state index in [9.17, 15) is 10.2 Å². The maximum atomic E-state index is 9.54. The zero-order chi connectivity index (χ0) is 14.2. The Morgan fingerprint density at radius 1 is 0.714 bits per heavy atom. The Bertz CT molecular complexity index is 572. The van der Waals surface area contributed by atoms with Gasteiger partial charge in [0.05, 0.1) is 13.1 Å². The molecular weight excluding hydrogens is 280 g/mol. The van der Waals surface area contributed by atoms with Gasteiger partial charge in [0.25, 0.3) is 0 Å². The molecule has 5 heteroatoms. The summed E-state index contributed by atoms with van der Waals surface area (Å²) < 4.78 is 0. The van der Waals surface area contributed by atoms with Crippen LogP contribution in [-0.2, 0) is 0 Å². The van der Waals surface area contributed by atoms with Crippen LogP contribution in [0.25, 0.3) is 0 Å². The molecule has 2 rings (SSSR count). The molecule has 0 saturated heterocycles. The Morgan fingerprint density at radius 2 is 1.10 bits per heavy atom. The van der Waals surface area contributed by atoms with E-state index >= 15 is 0 Å². The Hall–Kier alpha value is -2.40. The number of para-hydroxylation sites is 2. The summed E-state index contributed by atoms with van der Waals surface area (Å²) in [6.45, 7) is 1.05. The minimum atomic E-state index is 0. The fourth-order valence-electron chi connectivity index (χ4n) is 1.63. The lowest BCUT2D eigenvalue weighted by Crippen LogP contribution is -1.91. The van der Waals surface area contributed by atoms with Crippen LogP contribution in [0.1, 0.15) is 11.1 Å². The molecule has 0 saturated carbocycles. The Labute approximate surface area is 128 Å². The number of aliphatic imine (C=N–C) groups is 2. The van der Waals surface area contributed by atoms with E-state index in [4.69, 9.17) is 0 Å². The predicted molar refractivity (Wildman–Crippen MR) is 92.5 cm³/mol. The Balaban J connectivity index is 0.00000220. The van der Waals surface area contributed by atoms with Gasteiger partial charge in [-0.1, -0.05) is 24.3 Å². The second-order valence-corrected chi connectivity index (χ2v) is 4.19. The van der Waals surface area contributed by atoms with Crippen molar-refractivity contribution in [1.29, 1.82) is 0 Å². The van der Waals surface area contributed by atoms with Gasteiger partial charge in [-0.2, -0.15) is 0 Å². The van der Waals surface area contributed by atoms with Crippen molar-refractivity contribution in [2.75, 3.05) is 13.1 Å². The van der Waals surface area contributed by atoms with Gasteiger partial charge in [-0.15, -0.1) is 0 Å². The van der Waals surface area contributed by atoms with Gasteiger partial charge in [0.1, 0.15) is 11.5 Å². The summed E-state index contributed by atoms with van der Waals surface area (Å²) in [6.07, 6.45) is 3.26. The molecule has 0 aliphatic rings. The van der Waals surface area contributed by atoms with E-state index in [0.29, 0.717) is 24.2 Å². The number of phenols is 2. The van der Waals surface area contributed by atoms with E-state index in [1.807, 2.05) is 12.1 Å². The van der Waals surface area contributed by atoms with Gasteiger partial charge in [0.15, 0.2) is 0 Å². The first-order chi connectivity index (χ1) is 9.77. The summed E-state index contributed by atoms with van der Waals surface area (Å²) in [5.41, 5.74) is 1.38. The summed E-state index contributed by atoms with van der Waals surface area (Å²) >= 11 is 0. The van der Waals surface area contributed by atoms with Crippen molar-refractivity contribution in [2.45, 2.75) is 0 Å². The van der Waals surface area contributed by atoms with Gasteiger partial charge < -0.3 is 10.2 Å². The average molecular weight is 300 g/mol. The first kappa shape index (κ1) is 16.7. The van der Waals surface area contributed by atoms with Crippen LogP contribution in [0, 0.1) is 0 Å². The minimum Gasteiger partial charge on any atom is -0.507 e. The van der Waals surface area contributed by atoms with Crippen molar-refractivity contribution in [2.24, 2.45) is 9.98 Å². The van der Waals surface area contributed by atoms with Crippen molar-refractivity contribution in [3.05, 3.63) is 59.7 Å². The molecule has 0 heterocycles. The quantitative estimate of drug-likeness (QED) is 0.495. The zero-order valence-corrected chi connectivity index (χ0v) is 11.0. The van der Waals surface area contributed by atoms with E-state index in [1.54, 1.807) is 48.8 Å². The highest BCUT2D eigenvalue weighted by atomic mass is 28.1. The first-order valence-electron chi connectivity index (χ1n) is 6.33. The average Bonchev–Trinajstić information content (AvgIpc) is 2.46. The van der Waals surface area contributed by atoms with Gasteiger partial charge in [-0.3, -0.25) is 9.98 Å². The first-order valence-corrected chi connectivity index (χ1v) is 6.33. The smallest absolute Gasteiger partial charge is 0.124 e. The van der Waals surface area contributed by atoms with Gasteiger partial charge in [0, 0.05) is 23.6 Å². The molecule has 2 N–H and O–H groups in total. The molecule has 0 unspecified atom stereocenters. The van der Waals surface area contributed by atoms with Crippen LogP contribution in [0.5, 0.6) is 11.5 Å². The molecule has 2 aromatic rings. The van der Waals surface area contributed by atoms with Crippen LogP contribution in [-0.4, -0.2) is 46.7 Å². The van der Waals surface area contributed by atoms with Gasteiger partial charge in [0.2, 0.25) is 0 Å². The van der Waals surface area contributed by atoms with Gasteiger partial charge >= 0.3 is 0 Å². The number of hydrogen-bond donors (Lipinski definition) is 2. The number of nitrogens with zero attached hydrogens (tertiary/aromatic N) is 2. The molecule has 2 aromatic carbocycles. The topological polar surface area (TPSA) is 65.2 Å². The lowest BCUT2D eigenvalue weighted by molar-refractivity contribution is 0.474. The number of rotatable bonds is 5. The normalized spacial score (nSPS) is 10.9. The molecular formula is C16H20N2O2Si. The molecule has 0 fully saturated rings. The zero-order valence-electron chi connectivity index (χ0n) is 11.0. The SMILES string of the molecule is Oc1ccccc1/C=N/CC/N=C/c1ccccc1O.[SiH4]. The van der Waals surface area contributed by atoms with Crippen LogP contribution in [0.15, 0.2) is 58.5 Å². The number of aromatic hydroxyl groups is 2. The van der Waals surface area contributed by atoms with E-state index < -0.39 is 0 Å². The van der Waals surface area contributed by atoms with Crippen molar-refractivity contribution in [3.8, 4) is 11.5 Å². The molecule has 0 bridgehead atoms. The lowest BCUT2D eigenvalue weighted by Gasteiger charge is -1.97. The highest BCUT2D eigenvalue weighted by Crippen LogP contribution is 2.13. The third-order valence-corrected chi connectivity index (χ3v) is 2.69. The molecule has 21 heavy (non-hydrogen) atoms. The monoisotopic (exact) mass is 300 g/mol. The van der Waals surface area contributed by atoms with Crippen LogP contribution in [0.4, 0.5) is 0 Å². The maximum Gasteiger partial charge on any atom is 0.124 e. The van der Waals surface area contributed by atoms with E-state index in [0.717, 1.165) is 0 Å². The van der Waals surface area contributed by atoms with E-state index in [2.05, 4.69) is 9.98 Å². The van der Waals surface area contributed by atoms with Crippen molar-refractivity contribution < 1.29 is 10.2 Å². The highest BCUT2D eigenvalue weighted by molar-refractivity contribution is 5.84. The Kier molecular flexibility index (Phi) is 6.90. The van der Waals surface area contributed by atoms with Crippen LogP contribution in [0.2, 0.25) is 0 Å². The molecule has 0 amide bonds. The maximum absolute atomic E-state index is 9.54. The van der Waals surface area contributed by atoms with Crippen LogP contribution < -0.4 is 0 Å². The van der Waals surface area contributed by atoms with Gasteiger partial charge in [-0.05, 0) is 35.2 Å². The van der Waals surface area contributed by atoms with Crippen molar-refractivity contribution in [3.63, 3.8) is 0 Å². The molecule has 0 radical (unpaired) electrons. The Morgan fingerprint density at radius 3 is 1.48 bits per heavy atom. The molecule has 0 aliphatic heterocycles. The second kappa shape index (κ2) is 8.71. The van der Waals surface area contributed by atoms with Crippen LogP contribution in [0.3, 0.4) is 0 Å².